The summed E-state index contributed by atoms with van der Waals surface area (Å²) in [5.41, 5.74) is -0.263. The first-order valence-electron chi connectivity index (χ1n) is 12.8. The van der Waals surface area contributed by atoms with E-state index in [1.807, 2.05) is 0 Å². The van der Waals surface area contributed by atoms with E-state index in [2.05, 4.69) is 21.2 Å². The number of alkyl halides is 3. The van der Waals surface area contributed by atoms with Crippen molar-refractivity contribution in [2.45, 2.75) is 57.4 Å². The summed E-state index contributed by atoms with van der Waals surface area (Å²) in [7, 11) is -4.55. The molecule has 0 radical (unpaired) electrons. The van der Waals surface area contributed by atoms with Crippen LogP contribution in [-0.4, -0.2) is 43.8 Å². The fourth-order valence-electron chi connectivity index (χ4n) is 4.03. The van der Waals surface area contributed by atoms with Crippen molar-refractivity contribution in [1.29, 1.82) is 0 Å². The van der Waals surface area contributed by atoms with E-state index in [9.17, 15) is 31.2 Å². The number of amides is 2. The molecule has 0 unspecified atom stereocenters. The Labute approximate surface area is 256 Å². The van der Waals surface area contributed by atoms with Gasteiger partial charge in [-0.2, -0.15) is 13.2 Å². The summed E-state index contributed by atoms with van der Waals surface area (Å²) in [6.45, 7) is 5.80. The van der Waals surface area contributed by atoms with E-state index in [-0.39, 0.29) is 17.5 Å². The molecular weight excluding hydrogens is 659 g/mol. The molecule has 226 valence electrons. The van der Waals surface area contributed by atoms with E-state index in [4.69, 9.17) is 11.6 Å². The van der Waals surface area contributed by atoms with Gasteiger partial charge in [0.2, 0.25) is 11.8 Å². The topological polar surface area (TPSA) is 86.8 Å². The first kappa shape index (κ1) is 33.4. The fourth-order valence-corrected chi connectivity index (χ4v) is 5.92. The van der Waals surface area contributed by atoms with Crippen molar-refractivity contribution in [1.82, 2.24) is 10.2 Å². The number of carbonyl (C=O) groups excluding carboxylic acids is 2. The molecule has 0 saturated carbocycles. The zero-order chi connectivity index (χ0) is 31.4. The van der Waals surface area contributed by atoms with Crippen molar-refractivity contribution in [2.75, 3.05) is 10.8 Å². The van der Waals surface area contributed by atoms with Crippen LogP contribution in [0.3, 0.4) is 0 Å². The summed E-state index contributed by atoms with van der Waals surface area (Å²) >= 11 is 9.14. The van der Waals surface area contributed by atoms with Crippen LogP contribution < -0.4 is 9.62 Å². The molecule has 3 rings (SSSR count). The predicted molar refractivity (Wildman–Crippen MR) is 160 cm³/mol. The standard InChI is InChI=1S/C29H30BrClF3N3O4S/c1-18(2)35-28(39)20(4)36(16-21-7-9-22(30)10-8-21)27(38)17-37(42(40,41)24-12-5-19(3)6-13-24)23-11-14-26(31)25(15-23)29(32,33)34/h5-15,18,20H,16-17H2,1-4H3,(H,35,39)/t20-/m1/s1. The fraction of sp³-hybridized carbons (Fsp3) is 0.310. The van der Waals surface area contributed by atoms with Crippen molar-refractivity contribution in [3.63, 3.8) is 0 Å². The molecule has 7 nitrogen and oxygen atoms in total. The molecule has 0 aliphatic rings. The number of rotatable bonds is 10. The number of anilines is 1. The van der Waals surface area contributed by atoms with Crippen LogP contribution in [0, 0.1) is 6.92 Å². The third-order valence-corrected chi connectivity index (χ3v) is 8.94. The highest BCUT2D eigenvalue weighted by molar-refractivity contribution is 9.10. The van der Waals surface area contributed by atoms with Crippen LogP contribution in [0.5, 0.6) is 0 Å². The molecule has 13 heteroatoms. The number of sulfonamides is 1. The van der Waals surface area contributed by atoms with E-state index in [0.717, 1.165) is 22.2 Å². The monoisotopic (exact) mass is 687 g/mol. The van der Waals surface area contributed by atoms with Crippen LogP contribution in [0.1, 0.15) is 37.5 Å². The normalized spacial score (nSPS) is 12.6. The van der Waals surface area contributed by atoms with Crippen molar-refractivity contribution in [3.8, 4) is 0 Å². The van der Waals surface area contributed by atoms with Crippen LogP contribution in [0.4, 0.5) is 18.9 Å². The lowest BCUT2D eigenvalue weighted by Crippen LogP contribution is -2.52. The number of benzene rings is 3. The summed E-state index contributed by atoms with van der Waals surface area (Å²) in [4.78, 5) is 27.8. The van der Waals surface area contributed by atoms with Crippen molar-refractivity contribution < 1.29 is 31.2 Å². The van der Waals surface area contributed by atoms with E-state index >= 15 is 0 Å². The van der Waals surface area contributed by atoms with Crippen LogP contribution in [0.15, 0.2) is 76.1 Å². The van der Waals surface area contributed by atoms with E-state index in [1.54, 1.807) is 45.0 Å². The first-order chi connectivity index (χ1) is 19.5. The molecule has 0 saturated heterocycles. The maximum Gasteiger partial charge on any atom is 0.417 e. The van der Waals surface area contributed by atoms with Gasteiger partial charge in [0.1, 0.15) is 12.6 Å². The predicted octanol–water partition coefficient (Wildman–Crippen LogP) is 6.57. The molecule has 0 aromatic heterocycles. The van der Waals surface area contributed by atoms with Gasteiger partial charge in [0.25, 0.3) is 10.0 Å². The molecule has 0 aliphatic heterocycles. The second-order valence-electron chi connectivity index (χ2n) is 9.97. The largest absolute Gasteiger partial charge is 0.417 e. The van der Waals surface area contributed by atoms with Gasteiger partial charge in [0, 0.05) is 17.1 Å². The van der Waals surface area contributed by atoms with Gasteiger partial charge < -0.3 is 10.2 Å². The molecule has 1 atom stereocenters. The highest BCUT2D eigenvalue weighted by Gasteiger charge is 2.37. The summed E-state index contributed by atoms with van der Waals surface area (Å²) in [6, 6.07) is 14.0. The number of hydrogen-bond acceptors (Lipinski definition) is 4. The highest BCUT2D eigenvalue weighted by atomic mass is 79.9. The zero-order valence-electron chi connectivity index (χ0n) is 23.2. The summed E-state index contributed by atoms with van der Waals surface area (Å²) in [5, 5.41) is 2.11. The maximum atomic E-state index is 13.9. The van der Waals surface area contributed by atoms with Crippen molar-refractivity contribution >= 4 is 55.1 Å². The average Bonchev–Trinajstić information content (AvgIpc) is 2.90. The lowest BCUT2D eigenvalue weighted by atomic mass is 10.1. The van der Waals surface area contributed by atoms with Gasteiger partial charge in [-0.15, -0.1) is 0 Å². The minimum absolute atomic E-state index is 0.0639. The minimum Gasteiger partial charge on any atom is -0.352 e. The number of nitrogens with one attached hydrogen (secondary N) is 1. The van der Waals surface area contributed by atoms with Crippen molar-refractivity contribution in [2.24, 2.45) is 0 Å². The molecule has 0 bridgehead atoms. The van der Waals surface area contributed by atoms with Gasteiger partial charge in [-0.25, -0.2) is 8.42 Å². The maximum absolute atomic E-state index is 13.9. The third kappa shape index (κ3) is 8.26. The van der Waals surface area contributed by atoms with E-state index in [0.29, 0.717) is 15.9 Å². The first-order valence-corrected chi connectivity index (χ1v) is 15.4. The van der Waals surface area contributed by atoms with E-state index < -0.39 is 56.9 Å². The lowest BCUT2D eigenvalue weighted by Gasteiger charge is -2.32. The molecule has 0 heterocycles. The molecule has 1 N–H and O–H groups in total. The molecule has 3 aromatic rings. The van der Waals surface area contributed by atoms with Gasteiger partial charge in [-0.05, 0) is 75.7 Å². The number of aryl methyl sites for hydroxylation is 1. The van der Waals surface area contributed by atoms with Gasteiger partial charge in [-0.1, -0.05) is 57.4 Å². The quantitative estimate of drug-likeness (QED) is 0.261. The summed E-state index contributed by atoms with van der Waals surface area (Å²) in [6.07, 6.45) is -4.88. The molecular formula is C29H30BrClF3N3O4S. The van der Waals surface area contributed by atoms with Crippen molar-refractivity contribution in [3.05, 3.63) is 92.9 Å². The Hall–Kier alpha value is -3.09. The molecule has 0 fully saturated rings. The molecule has 0 aliphatic carbocycles. The van der Waals surface area contributed by atoms with Crippen LogP contribution in [-0.2, 0) is 32.3 Å². The van der Waals surface area contributed by atoms with Gasteiger partial charge >= 0.3 is 6.18 Å². The second-order valence-corrected chi connectivity index (χ2v) is 13.2. The number of hydrogen-bond donors (Lipinski definition) is 1. The molecule has 0 spiro atoms. The average molecular weight is 689 g/mol. The van der Waals surface area contributed by atoms with Crippen LogP contribution in [0.2, 0.25) is 5.02 Å². The van der Waals surface area contributed by atoms with Gasteiger partial charge in [0.15, 0.2) is 0 Å². The molecule has 42 heavy (non-hydrogen) atoms. The smallest absolute Gasteiger partial charge is 0.352 e. The van der Waals surface area contributed by atoms with Crippen LogP contribution >= 0.6 is 27.5 Å². The lowest BCUT2D eigenvalue weighted by molar-refractivity contribution is -0.139. The summed E-state index contributed by atoms with van der Waals surface area (Å²) < 4.78 is 70.3. The number of nitrogens with zero attached hydrogens (tertiary/aromatic N) is 2. The van der Waals surface area contributed by atoms with Gasteiger partial charge in [0.05, 0.1) is 21.2 Å². The Bertz CT molecular complexity index is 1530. The zero-order valence-corrected chi connectivity index (χ0v) is 26.4. The Balaban J connectivity index is 2.12. The SMILES string of the molecule is Cc1ccc(S(=O)(=O)N(CC(=O)N(Cc2ccc(Br)cc2)[C@H](C)C(=O)NC(C)C)c2ccc(Cl)c(C(F)(F)F)c2)cc1. The Kier molecular flexibility index (Phi) is 10.7. The minimum atomic E-state index is -4.88. The highest BCUT2D eigenvalue weighted by Crippen LogP contribution is 2.38. The molecule has 3 aromatic carbocycles. The second kappa shape index (κ2) is 13.5. The number of carbonyl (C=O) groups is 2. The molecule has 2 amide bonds. The van der Waals surface area contributed by atoms with Crippen LogP contribution in [0.25, 0.3) is 0 Å². The summed E-state index contributed by atoms with van der Waals surface area (Å²) in [5.74, 6) is -1.28. The Morgan fingerprint density at radius 3 is 2.12 bits per heavy atom. The van der Waals surface area contributed by atoms with Gasteiger partial charge in [-0.3, -0.25) is 13.9 Å². The Morgan fingerprint density at radius 1 is 0.976 bits per heavy atom. The third-order valence-electron chi connectivity index (χ3n) is 6.30. The number of halogens is 5. The Morgan fingerprint density at radius 2 is 1.57 bits per heavy atom. The van der Waals surface area contributed by atoms with E-state index in [1.165, 1.54) is 36.1 Å².